The van der Waals surface area contributed by atoms with E-state index in [2.05, 4.69) is 22.5 Å². The summed E-state index contributed by atoms with van der Waals surface area (Å²) in [6.07, 6.45) is 4.18. The van der Waals surface area contributed by atoms with Crippen molar-refractivity contribution in [2.45, 2.75) is 127 Å². The molecule has 4 bridgehead atoms. The van der Waals surface area contributed by atoms with Gasteiger partial charge in [-0.25, -0.2) is 14.4 Å². The SMILES string of the molecule is COc1cc2cc(c1Cl)N(C)C(=O)C[C@H](OC(=O)[C@@H](C)N(C)C(=O)CCSC(=O)CCOCCOCCOCCOCCNC(=O)OCC1[C@H]3CCC#CCC[C@@H]13)[C@]1(C)O[C@H]1[C@H](C)C1C[C@@](O)(NC(=O)O1)[C@H](OC)/C=C/C=C(/C)C2. The highest BCUT2D eigenvalue weighted by molar-refractivity contribution is 8.13. The average Bonchev–Trinajstić information content (AvgIpc) is 4.37. The number of nitrogens with zero attached hydrogens (tertiary/aromatic N) is 2. The molecule has 1 aromatic carbocycles. The van der Waals surface area contributed by atoms with E-state index >= 15 is 0 Å². The molecule has 444 valence electrons. The van der Waals surface area contributed by atoms with E-state index in [0.29, 0.717) is 88.4 Å². The lowest BCUT2D eigenvalue weighted by Gasteiger charge is -2.42. The van der Waals surface area contributed by atoms with Gasteiger partial charge in [0.15, 0.2) is 10.8 Å². The lowest BCUT2D eigenvalue weighted by molar-refractivity contribution is -0.162. The number of hydrogen-bond acceptors (Lipinski definition) is 18. The van der Waals surface area contributed by atoms with Crippen molar-refractivity contribution in [3.05, 3.63) is 46.5 Å². The number of methoxy groups -OCH3 is 2. The van der Waals surface area contributed by atoms with Crippen LogP contribution in [-0.4, -0.2) is 187 Å². The summed E-state index contributed by atoms with van der Waals surface area (Å²) in [5, 5.41) is 17.1. The van der Waals surface area contributed by atoms with Gasteiger partial charge in [0.05, 0.1) is 84.8 Å². The number of nitrogens with one attached hydrogen (secondary N) is 2. The van der Waals surface area contributed by atoms with Crippen LogP contribution in [0.2, 0.25) is 5.02 Å². The van der Waals surface area contributed by atoms with Crippen LogP contribution in [0, 0.1) is 35.5 Å². The zero-order valence-electron chi connectivity index (χ0n) is 47.4. The molecule has 1 aromatic rings. The first-order valence-corrected chi connectivity index (χ1v) is 28.8. The van der Waals surface area contributed by atoms with Crippen LogP contribution >= 0.6 is 23.4 Å². The number of epoxide rings is 1. The fourth-order valence-electron chi connectivity index (χ4n) is 10.4. The molecule has 4 amide bonds. The minimum atomic E-state index is -1.87. The summed E-state index contributed by atoms with van der Waals surface area (Å²) in [5.74, 6) is 6.31. The summed E-state index contributed by atoms with van der Waals surface area (Å²) >= 11 is 7.80. The van der Waals surface area contributed by atoms with Crippen LogP contribution in [0.5, 0.6) is 5.75 Å². The number of benzene rings is 1. The molecule has 3 aliphatic heterocycles. The lowest BCUT2D eigenvalue weighted by Crippen LogP contribution is -2.63. The maximum atomic E-state index is 14.3. The van der Waals surface area contributed by atoms with Crippen molar-refractivity contribution < 1.29 is 81.2 Å². The first-order valence-electron chi connectivity index (χ1n) is 27.5. The molecular formula is C57H81ClN4O17S. The van der Waals surface area contributed by atoms with Crippen molar-refractivity contribution in [1.82, 2.24) is 15.5 Å². The summed E-state index contributed by atoms with van der Waals surface area (Å²) in [7, 11) is 5.90. The molecule has 0 spiro atoms. The second-order valence-corrected chi connectivity index (χ2v) is 22.6. The van der Waals surface area contributed by atoms with E-state index in [9.17, 15) is 33.9 Å². The number of alkyl carbamates (subject to hydrolysis) is 2. The number of thioether (sulfide) groups is 1. The number of carbonyl (C=O) groups excluding carboxylic acids is 6. The summed E-state index contributed by atoms with van der Waals surface area (Å²) in [6.45, 7) is 10.2. The number of rotatable bonds is 25. The molecule has 3 fully saturated rings. The second-order valence-electron chi connectivity index (χ2n) is 21.0. The van der Waals surface area contributed by atoms with Gasteiger partial charge in [-0.05, 0) is 75.5 Å². The van der Waals surface area contributed by atoms with Crippen molar-refractivity contribution in [2.75, 3.05) is 105 Å². The van der Waals surface area contributed by atoms with Gasteiger partial charge in [0.1, 0.15) is 40.7 Å². The van der Waals surface area contributed by atoms with E-state index in [4.69, 9.17) is 59.0 Å². The molecule has 1 saturated carbocycles. The van der Waals surface area contributed by atoms with Gasteiger partial charge < -0.3 is 67.6 Å². The van der Waals surface area contributed by atoms with Crippen molar-refractivity contribution in [1.29, 1.82) is 0 Å². The first kappa shape index (κ1) is 64.2. The minimum absolute atomic E-state index is 0.0496. The van der Waals surface area contributed by atoms with Crippen molar-refractivity contribution in [2.24, 2.45) is 23.7 Å². The van der Waals surface area contributed by atoms with Crippen LogP contribution in [0.1, 0.15) is 84.6 Å². The number of hydrogen-bond donors (Lipinski definition) is 3. The molecule has 0 aromatic heterocycles. The largest absolute Gasteiger partial charge is 0.495 e. The third-order valence-corrected chi connectivity index (χ3v) is 16.7. The van der Waals surface area contributed by atoms with Crippen molar-refractivity contribution >= 4 is 64.1 Å². The van der Waals surface area contributed by atoms with E-state index in [1.54, 1.807) is 45.2 Å². The Kier molecular flexibility index (Phi) is 24.8. The summed E-state index contributed by atoms with van der Waals surface area (Å²) in [6, 6.07) is 2.44. The Morgan fingerprint density at radius 1 is 0.988 bits per heavy atom. The Bertz CT molecular complexity index is 2420. The maximum Gasteiger partial charge on any atom is 0.409 e. The van der Waals surface area contributed by atoms with Crippen LogP contribution in [0.15, 0.2) is 35.9 Å². The zero-order chi connectivity index (χ0) is 58.0. The van der Waals surface area contributed by atoms with Crippen LogP contribution in [0.4, 0.5) is 15.3 Å². The number of esters is 1. The molecule has 23 heteroatoms. The third kappa shape index (κ3) is 18.3. The van der Waals surface area contributed by atoms with Gasteiger partial charge in [0.2, 0.25) is 11.8 Å². The van der Waals surface area contributed by atoms with Crippen LogP contribution in [0.25, 0.3) is 0 Å². The van der Waals surface area contributed by atoms with Crippen molar-refractivity contribution in [3.8, 4) is 17.6 Å². The van der Waals surface area contributed by atoms with Crippen LogP contribution in [0.3, 0.4) is 0 Å². The number of ether oxygens (including phenoxy) is 10. The highest BCUT2D eigenvalue weighted by Gasteiger charge is 2.64. The molecule has 6 rings (SSSR count). The Morgan fingerprint density at radius 3 is 2.29 bits per heavy atom. The summed E-state index contributed by atoms with van der Waals surface area (Å²) in [5.41, 5.74) is -1.13. The quantitative estimate of drug-likeness (QED) is 0.0345. The number of halogens is 1. The predicted octanol–water partition coefficient (Wildman–Crippen LogP) is 5.79. The first-order chi connectivity index (χ1) is 38.3. The molecule has 0 radical (unpaired) electrons. The number of fused-ring (bicyclic) bond motifs is 6. The normalized spacial score (nSPS) is 28.7. The maximum absolute atomic E-state index is 14.3. The smallest absolute Gasteiger partial charge is 0.409 e. The number of anilines is 1. The Labute approximate surface area is 479 Å². The van der Waals surface area contributed by atoms with Gasteiger partial charge in [0, 0.05) is 71.5 Å². The molecule has 80 heavy (non-hydrogen) atoms. The average molecular weight is 1160 g/mol. The van der Waals surface area contributed by atoms with Gasteiger partial charge in [-0.15, -0.1) is 11.8 Å². The summed E-state index contributed by atoms with van der Waals surface area (Å²) in [4.78, 5) is 82.0. The fraction of sp³-hybridized carbons (Fsp3) is 0.684. The van der Waals surface area contributed by atoms with E-state index < -0.39 is 77.7 Å². The highest BCUT2D eigenvalue weighted by Crippen LogP contribution is 2.52. The predicted molar refractivity (Wildman–Crippen MR) is 297 cm³/mol. The van der Waals surface area contributed by atoms with Gasteiger partial charge in [-0.2, -0.15) is 0 Å². The third-order valence-electron chi connectivity index (χ3n) is 15.4. The number of likely N-dealkylation sites (N-methyl/N-ethyl adjacent to an activating group) is 1. The van der Waals surface area contributed by atoms with Gasteiger partial charge >= 0.3 is 18.2 Å². The molecule has 11 atom stereocenters. The van der Waals surface area contributed by atoms with Gasteiger partial charge in [-0.1, -0.05) is 54.1 Å². The van der Waals surface area contributed by atoms with E-state index in [1.165, 1.54) is 38.0 Å². The Hall–Kier alpha value is -4.96. The summed E-state index contributed by atoms with van der Waals surface area (Å²) < 4.78 is 56.9. The molecule has 3 heterocycles. The Morgan fingerprint density at radius 2 is 1.64 bits per heavy atom. The lowest BCUT2D eigenvalue weighted by atomic mass is 9.83. The van der Waals surface area contributed by atoms with E-state index in [0.717, 1.165) is 48.6 Å². The van der Waals surface area contributed by atoms with Crippen molar-refractivity contribution in [3.63, 3.8) is 0 Å². The number of aliphatic hydroxyl groups is 1. The molecule has 3 N–H and O–H groups in total. The fourth-order valence-corrected chi connectivity index (χ4v) is 11.4. The molecule has 2 aliphatic carbocycles. The number of amides is 4. The number of allylic oxidation sites excluding steroid dienone is 3. The molecule has 5 aliphatic rings. The topological polar surface area (TPSA) is 249 Å². The standard InChI is InChI=1S/C57H81ClN4O17S/c1-36-14-13-17-46(71-8)57(69)34-45(77-55(68)60-57)37(2)52-56(4,79-52)47(33-49(64)62(6)43-31-39(30-36)32-44(70-7)51(43)58)78-53(66)38(3)61(5)48(63)19-29-80-50(65)18-21-72-23-25-74-27-28-75-26-24-73-22-20-59-54(67)76-35-42-40-15-11-9-10-12-16-41(40)42/h13-14,17,31-32,37-38,40-42,45-47,52,69H,11-12,15-16,18-30,33-35H2,1-8H3,(H,59,67)(H,60,68)/b17-13+,36-14-/t37-,38-,40-,41+,42?,45?,46-,47+,52+,56+,57+/m1/s1. The minimum Gasteiger partial charge on any atom is -0.495 e. The monoisotopic (exact) mass is 1160 g/mol. The van der Waals surface area contributed by atoms with E-state index in [-0.39, 0.29) is 54.8 Å². The number of carbonyl (C=O) groups is 6. The van der Waals surface area contributed by atoms with Crippen LogP contribution < -0.4 is 20.3 Å². The molecule has 21 nitrogen and oxygen atoms in total. The molecule has 2 saturated heterocycles. The second kappa shape index (κ2) is 30.9. The highest BCUT2D eigenvalue weighted by atomic mass is 35.5. The Balaban J connectivity index is 0.891. The van der Waals surface area contributed by atoms with E-state index in [1.807, 2.05) is 13.0 Å². The van der Waals surface area contributed by atoms with Gasteiger partial charge in [0.25, 0.3) is 0 Å². The zero-order valence-corrected chi connectivity index (χ0v) is 49.0. The van der Waals surface area contributed by atoms with Gasteiger partial charge in [-0.3, -0.25) is 19.7 Å². The molecule has 2 unspecified atom stereocenters. The molecular weight excluding hydrogens is 1080 g/mol. The van der Waals surface area contributed by atoms with Crippen LogP contribution in [-0.2, 0) is 68.2 Å².